The van der Waals surface area contributed by atoms with Gasteiger partial charge >= 0.3 is 11.9 Å². The van der Waals surface area contributed by atoms with Crippen LogP contribution in [0.25, 0.3) is 0 Å². The van der Waals surface area contributed by atoms with Crippen molar-refractivity contribution in [1.82, 2.24) is 4.90 Å². The van der Waals surface area contributed by atoms with Gasteiger partial charge in [-0.15, -0.1) is 0 Å². The molecule has 1 N–H and O–H groups in total. The lowest BCUT2D eigenvalue weighted by Gasteiger charge is -2.36. The van der Waals surface area contributed by atoms with Crippen molar-refractivity contribution in [2.24, 2.45) is 5.92 Å². The first-order chi connectivity index (χ1) is 9.53. The highest BCUT2D eigenvalue weighted by Crippen LogP contribution is 2.21. The van der Waals surface area contributed by atoms with Gasteiger partial charge in [0.25, 0.3) is 0 Å². The molecule has 1 unspecified atom stereocenters. The zero-order valence-electron chi connectivity index (χ0n) is 12.8. The summed E-state index contributed by atoms with van der Waals surface area (Å²) < 4.78 is 4.62. The van der Waals surface area contributed by atoms with Gasteiger partial charge in [0.2, 0.25) is 5.91 Å². The van der Waals surface area contributed by atoms with E-state index in [0.717, 1.165) is 16.7 Å². The predicted molar refractivity (Wildman–Crippen MR) is 77.7 cm³/mol. The zero-order chi connectivity index (χ0) is 16.8. The first-order valence-electron chi connectivity index (χ1n) is 6.29. The molecule has 0 fully saturated rings. The maximum absolute atomic E-state index is 12.4. The molecule has 120 valence electrons. The SMILES string of the molecule is COC(=O)C(C)(C)N(CC(=O)O)C(=O)C(C)CSC(C)=O. The van der Waals surface area contributed by atoms with Crippen molar-refractivity contribution in [1.29, 1.82) is 0 Å². The second kappa shape index (κ2) is 8.02. The van der Waals surface area contributed by atoms with Crippen molar-refractivity contribution >= 4 is 34.7 Å². The Labute approximate surface area is 128 Å². The summed E-state index contributed by atoms with van der Waals surface area (Å²) in [5.41, 5.74) is -1.40. The second-order valence-corrected chi connectivity index (χ2v) is 6.27. The minimum absolute atomic E-state index is 0.133. The van der Waals surface area contributed by atoms with Gasteiger partial charge in [-0.05, 0) is 13.8 Å². The third-order valence-corrected chi connectivity index (χ3v) is 3.95. The molecule has 0 heterocycles. The Morgan fingerprint density at radius 2 is 1.81 bits per heavy atom. The molecule has 0 rings (SSSR count). The van der Waals surface area contributed by atoms with Gasteiger partial charge in [-0.1, -0.05) is 18.7 Å². The molecule has 0 saturated carbocycles. The van der Waals surface area contributed by atoms with Crippen LogP contribution in [0.1, 0.15) is 27.7 Å². The van der Waals surface area contributed by atoms with Gasteiger partial charge in [-0.25, -0.2) is 4.79 Å². The van der Waals surface area contributed by atoms with E-state index in [0.29, 0.717) is 0 Å². The molecule has 1 amide bonds. The molecule has 0 aromatic rings. The summed E-state index contributed by atoms with van der Waals surface area (Å²) in [5, 5.41) is 8.81. The fraction of sp³-hybridized carbons (Fsp3) is 0.692. The second-order valence-electron chi connectivity index (χ2n) is 5.07. The van der Waals surface area contributed by atoms with Gasteiger partial charge in [0, 0.05) is 18.6 Å². The molecule has 0 aliphatic heterocycles. The minimum Gasteiger partial charge on any atom is -0.480 e. The van der Waals surface area contributed by atoms with Crippen LogP contribution in [0.5, 0.6) is 0 Å². The number of carboxylic acids is 1. The number of hydrogen-bond donors (Lipinski definition) is 1. The number of aliphatic carboxylic acids is 1. The lowest BCUT2D eigenvalue weighted by molar-refractivity contribution is -0.163. The van der Waals surface area contributed by atoms with Crippen LogP contribution in [0.4, 0.5) is 0 Å². The molecule has 0 bridgehead atoms. The minimum atomic E-state index is -1.40. The van der Waals surface area contributed by atoms with E-state index in [1.165, 1.54) is 27.9 Å². The number of hydrogen-bond acceptors (Lipinski definition) is 6. The summed E-state index contributed by atoms with van der Waals surface area (Å²) in [7, 11) is 1.17. The number of ether oxygens (including phenoxy) is 1. The predicted octanol–water partition coefficient (Wildman–Crippen LogP) is 0.767. The molecule has 0 radical (unpaired) electrons. The molecule has 0 aliphatic rings. The van der Waals surface area contributed by atoms with Gasteiger partial charge < -0.3 is 14.7 Å². The number of carbonyl (C=O) groups is 4. The molecule has 0 aromatic carbocycles. The summed E-state index contributed by atoms with van der Waals surface area (Å²) in [6.07, 6.45) is 0. The maximum Gasteiger partial charge on any atom is 0.331 e. The molecule has 0 saturated heterocycles. The van der Waals surface area contributed by atoms with Gasteiger partial charge in [-0.3, -0.25) is 14.4 Å². The summed E-state index contributed by atoms with van der Waals surface area (Å²) in [5.74, 6) is -2.82. The van der Waals surface area contributed by atoms with E-state index in [1.807, 2.05) is 0 Å². The molecule has 7 nitrogen and oxygen atoms in total. The first kappa shape index (κ1) is 19.4. The number of carbonyl (C=O) groups excluding carboxylic acids is 3. The van der Waals surface area contributed by atoms with Crippen molar-refractivity contribution in [2.75, 3.05) is 19.4 Å². The van der Waals surface area contributed by atoms with E-state index in [1.54, 1.807) is 6.92 Å². The van der Waals surface area contributed by atoms with Crippen molar-refractivity contribution in [3.8, 4) is 0 Å². The number of carboxylic acid groups (broad SMARTS) is 1. The van der Waals surface area contributed by atoms with Crippen molar-refractivity contribution in [3.63, 3.8) is 0 Å². The highest BCUT2D eigenvalue weighted by Gasteiger charge is 2.41. The third-order valence-electron chi connectivity index (χ3n) is 2.88. The third kappa shape index (κ3) is 5.74. The van der Waals surface area contributed by atoms with E-state index in [9.17, 15) is 19.2 Å². The fourth-order valence-electron chi connectivity index (χ4n) is 1.63. The Bertz CT molecular complexity index is 434. The standard InChI is InChI=1S/C13H21NO6S/c1-8(7-21-9(2)15)11(18)14(6-10(16)17)13(3,4)12(19)20-5/h8H,6-7H2,1-5H3,(H,16,17). The average Bonchev–Trinajstić information content (AvgIpc) is 2.39. The molecule has 21 heavy (non-hydrogen) atoms. The van der Waals surface area contributed by atoms with Crippen LogP contribution in [0.2, 0.25) is 0 Å². The van der Waals surface area contributed by atoms with Gasteiger partial charge in [-0.2, -0.15) is 0 Å². The topological polar surface area (TPSA) is 101 Å². The number of thioether (sulfide) groups is 1. The molecule has 0 spiro atoms. The van der Waals surface area contributed by atoms with Crippen LogP contribution >= 0.6 is 11.8 Å². The lowest BCUT2D eigenvalue weighted by atomic mass is 10.0. The summed E-state index contributed by atoms with van der Waals surface area (Å²) in [4.78, 5) is 47.0. The van der Waals surface area contributed by atoms with Gasteiger partial charge in [0.05, 0.1) is 7.11 Å². The fourth-order valence-corrected chi connectivity index (χ4v) is 2.25. The Hall–Kier alpha value is -1.57. The van der Waals surface area contributed by atoms with E-state index in [-0.39, 0.29) is 10.9 Å². The van der Waals surface area contributed by atoms with E-state index < -0.39 is 35.8 Å². The Kier molecular flexibility index (Phi) is 7.42. The average molecular weight is 319 g/mol. The van der Waals surface area contributed by atoms with E-state index >= 15 is 0 Å². The van der Waals surface area contributed by atoms with E-state index in [4.69, 9.17) is 5.11 Å². The van der Waals surface area contributed by atoms with Crippen LogP contribution in [0.3, 0.4) is 0 Å². The zero-order valence-corrected chi connectivity index (χ0v) is 13.7. The van der Waals surface area contributed by atoms with Gasteiger partial charge in [0.15, 0.2) is 5.12 Å². The van der Waals surface area contributed by atoms with Crippen molar-refractivity contribution in [3.05, 3.63) is 0 Å². The molecular formula is C13H21NO6S. The van der Waals surface area contributed by atoms with Crippen LogP contribution in [-0.2, 0) is 23.9 Å². The summed E-state index contributed by atoms with van der Waals surface area (Å²) in [6.45, 7) is 5.20. The molecular weight excluding hydrogens is 298 g/mol. The maximum atomic E-state index is 12.4. The Balaban J connectivity index is 5.22. The number of methoxy groups -OCH3 is 1. The monoisotopic (exact) mass is 319 g/mol. The summed E-state index contributed by atoms with van der Waals surface area (Å²) >= 11 is 0.979. The quantitative estimate of drug-likeness (QED) is 0.691. The molecule has 1 atom stereocenters. The van der Waals surface area contributed by atoms with Crippen LogP contribution < -0.4 is 0 Å². The Morgan fingerprint density at radius 1 is 1.29 bits per heavy atom. The highest BCUT2D eigenvalue weighted by molar-refractivity contribution is 8.13. The smallest absolute Gasteiger partial charge is 0.331 e. The van der Waals surface area contributed by atoms with Crippen LogP contribution in [-0.4, -0.2) is 57.9 Å². The summed E-state index contributed by atoms with van der Waals surface area (Å²) in [6, 6.07) is 0. The van der Waals surface area contributed by atoms with Crippen LogP contribution in [0, 0.1) is 5.92 Å². The Morgan fingerprint density at radius 3 is 2.19 bits per heavy atom. The lowest BCUT2D eigenvalue weighted by Crippen LogP contribution is -2.56. The normalized spacial score (nSPS) is 12.4. The molecule has 0 aliphatic carbocycles. The van der Waals surface area contributed by atoms with E-state index in [2.05, 4.69) is 4.74 Å². The molecule has 8 heteroatoms. The number of amides is 1. The van der Waals surface area contributed by atoms with Crippen molar-refractivity contribution < 1.29 is 29.0 Å². The number of nitrogens with zero attached hydrogens (tertiary/aromatic N) is 1. The highest BCUT2D eigenvalue weighted by atomic mass is 32.2. The largest absolute Gasteiger partial charge is 0.480 e. The number of esters is 1. The van der Waals surface area contributed by atoms with Crippen LogP contribution in [0.15, 0.2) is 0 Å². The first-order valence-corrected chi connectivity index (χ1v) is 7.27. The molecule has 0 aromatic heterocycles. The van der Waals surface area contributed by atoms with Crippen molar-refractivity contribution in [2.45, 2.75) is 33.2 Å². The van der Waals surface area contributed by atoms with Gasteiger partial charge in [0.1, 0.15) is 12.1 Å². The number of rotatable bonds is 7.